The van der Waals surface area contributed by atoms with Gasteiger partial charge in [-0.05, 0) is 30.8 Å². The van der Waals surface area contributed by atoms with Crippen molar-refractivity contribution < 1.29 is 13.5 Å². The number of halogens is 2. The first kappa shape index (κ1) is 18.2. The molecule has 2 aromatic heterocycles. The molecular formula is C21H21F2N5O. The summed E-state index contributed by atoms with van der Waals surface area (Å²) in [5, 5.41) is 3.31. The Labute approximate surface area is 166 Å². The van der Waals surface area contributed by atoms with E-state index in [-0.39, 0.29) is 16.9 Å². The van der Waals surface area contributed by atoms with Gasteiger partial charge in [0.05, 0.1) is 18.0 Å². The lowest BCUT2D eigenvalue weighted by Gasteiger charge is -2.43. The van der Waals surface area contributed by atoms with Crippen LogP contribution < -0.4 is 11.1 Å². The van der Waals surface area contributed by atoms with Crippen LogP contribution in [-0.4, -0.2) is 41.8 Å². The number of pyridine rings is 1. The highest BCUT2D eigenvalue weighted by molar-refractivity contribution is 5.89. The number of nitrogens with zero attached hydrogens (tertiary/aromatic N) is 3. The Morgan fingerprint density at radius 1 is 1.21 bits per heavy atom. The highest BCUT2D eigenvalue weighted by Gasteiger charge is 2.63. The Morgan fingerprint density at radius 3 is 2.66 bits per heavy atom. The van der Waals surface area contributed by atoms with Crippen molar-refractivity contribution in [1.82, 2.24) is 14.7 Å². The Balaban J connectivity index is 1.58. The first-order valence-corrected chi connectivity index (χ1v) is 9.42. The fraction of sp³-hybridized carbons (Fsp3) is 0.333. The average Bonchev–Trinajstić information content (AvgIpc) is 3.36. The molecule has 3 N–H and O–H groups in total. The van der Waals surface area contributed by atoms with E-state index in [4.69, 9.17) is 10.5 Å². The summed E-state index contributed by atoms with van der Waals surface area (Å²) in [6.07, 6.45) is 6.65. The van der Waals surface area contributed by atoms with Crippen molar-refractivity contribution in [3.05, 3.63) is 53.5 Å². The van der Waals surface area contributed by atoms with E-state index in [0.717, 1.165) is 18.5 Å². The van der Waals surface area contributed by atoms with Crippen LogP contribution in [0.4, 0.5) is 14.5 Å². The predicted octanol–water partition coefficient (Wildman–Crippen LogP) is 2.89. The van der Waals surface area contributed by atoms with Gasteiger partial charge in [0.15, 0.2) is 11.5 Å². The highest BCUT2D eigenvalue weighted by Crippen LogP contribution is 2.57. The monoisotopic (exact) mass is 397 g/mol. The third-order valence-electron chi connectivity index (χ3n) is 6.14. The molecule has 0 unspecified atom stereocenters. The summed E-state index contributed by atoms with van der Waals surface area (Å²) in [4.78, 5) is 8.41. The van der Waals surface area contributed by atoms with Gasteiger partial charge in [-0.15, -0.1) is 0 Å². The second-order valence-electron chi connectivity index (χ2n) is 7.95. The van der Waals surface area contributed by atoms with Crippen molar-refractivity contribution in [1.29, 1.82) is 0 Å². The van der Waals surface area contributed by atoms with Gasteiger partial charge in [-0.1, -0.05) is 0 Å². The fourth-order valence-electron chi connectivity index (χ4n) is 4.51. The van der Waals surface area contributed by atoms with Crippen LogP contribution in [0.25, 0.3) is 16.8 Å². The van der Waals surface area contributed by atoms with Crippen LogP contribution in [0.5, 0.6) is 0 Å². The number of ether oxygens (including phenoxy) is 1. The molecule has 150 valence electrons. The van der Waals surface area contributed by atoms with E-state index < -0.39 is 17.2 Å². The molecule has 2 bridgehead atoms. The normalized spacial score (nSPS) is 25.8. The van der Waals surface area contributed by atoms with Crippen molar-refractivity contribution in [3.8, 4) is 11.1 Å². The Hall–Kier alpha value is -2.84. The molecule has 0 radical (unpaired) electrons. The van der Waals surface area contributed by atoms with E-state index >= 15 is 0 Å². The first-order valence-electron chi connectivity index (χ1n) is 9.42. The topological polar surface area (TPSA) is 76.9 Å². The van der Waals surface area contributed by atoms with Crippen molar-refractivity contribution in [2.75, 3.05) is 26.4 Å². The minimum absolute atomic E-state index is 0.00175. The molecular weight excluding hydrogens is 376 g/mol. The molecule has 3 aromatic rings. The quantitative estimate of drug-likeness (QED) is 0.524. The van der Waals surface area contributed by atoms with Gasteiger partial charge in [0.25, 0.3) is 0 Å². The van der Waals surface area contributed by atoms with E-state index in [1.807, 2.05) is 7.05 Å². The fourth-order valence-corrected chi connectivity index (χ4v) is 4.51. The zero-order chi connectivity index (χ0) is 20.4. The number of nitrogens with two attached hydrogens (primary N) is 1. The summed E-state index contributed by atoms with van der Waals surface area (Å²) in [6, 6.07) is 4.35. The molecule has 0 atom stereocenters. The summed E-state index contributed by atoms with van der Waals surface area (Å²) in [7, 11) is 3.51. The van der Waals surface area contributed by atoms with Gasteiger partial charge in [0, 0.05) is 55.2 Å². The molecule has 6 nitrogen and oxygen atoms in total. The van der Waals surface area contributed by atoms with E-state index in [2.05, 4.69) is 15.3 Å². The largest absolute Gasteiger partial charge is 0.396 e. The van der Waals surface area contributed by atoms with Crippen LogP contribution in [0.15, 0.2) is 35.6 Å². The van der Waals surface area contributed by atoms with Crippen molar-refractivity contribution in [2.45, 2.75) is 24.0 Å². The molecule has 29 heavy (non-hydrogen) atoms. The maximum Gasteiger partial charge on any atom is 0.173 e. The summed E-state index contributed by atoms with van der Waals surface area (Å²) < 4.78 is 36.8. The predicted molar refractivity (Wildman–Crippen MR) is 107 cm³/mol. The summed E-state index contributed by atoms with van der Waals surface area (Å²) in [5.41, 5.74) is 7.76. The smallest absolute Gasteiger partial charge is 0.173 e. The first-order chi connectivity index (χ1) is 13.9. The second-order valence-corrected chi connectivity index (χ2v) is 7.95. The van der Waals surface area contributed by atoms with Crippen LogP contribution in [0, 0.1) is 11.6 Å². The number of aromatic nitrogens is 2. The Kier molecular flexibility index (Phi) is 3.81. The molecule has 0 amide bonds. The molecule has 1 aromatic carbocycles. The maximum atomic E-state index is 14.9. The number of imidazole rings is 1. The number of nitrogens with one attached hydrogen (secondary N) is 1. The van der Waals surface area contributed by atoms with Gasteiger partial charge in [0.1, 0.15) is 11.4 Å². The van der Waals surface area contributed by atoms with Crippen LogP contribution >= 0.6 is 0 Å². The van der Waals surface area contributed by atoms with Gasteiger partial charge >= 0.3 is 0 Å². The van der Waals surface area contributed by atoms with Crippen molar-refractivity contribution in [2.24, 2.45) is 4.99 Å². The number of fused-ring (bicyclic) bond motifs is 2. The lowest BCUT2D eigenvalue weighted by atomic mass is 9.67. The molecule has 1 saturated carbocycles. The molecule has 8 heteroatoms. The van der Waals surface area contributed by atoms with E-state index in [1.54, 1.807) is 29.9 Å². The molecule has 0 spiro atoms. The summed E-state index contributed by atoms with van der Waals surface area (Å²) in [6.45, 7) is 0.623. The lowest BCUT2D eigenvalue weighted by molar-refractivity contribution is -0.0134. The SMILES string of the molecule is CN=Cc1cc(-c2cc(F)c3nc(C45CC(NC)(CO4)C5)cn3c2)cc(F)c1N. The van der Waals surface area contributed by atoms with Gasteiger partial charge in [0.2, 0.25) is 0 Å². The molecule has 1 aliphatic carbocycles. The molecule has 3 aliphatic rings. The zero-order valence-corrected chi connectivity index (χ0v) is 16.2. The van der Waals surface area contributed by atoms with Gasteiger partial charge in [-0.2, -0.15) is 0 Å². The van der Waals surface area contributed by atoms with E-state index in [0.29, 0.717) is 23.3 Å². The maximum absolute atomic E-state index is 14.9. The van der Waals surface area contributed by atoms with Crippen LogP contribution in [-0.2, 0) is 10.3 Å². The number of likely N-dealkylation sites (N-methyl/N-ethyl adjacent to an activating group) is 1. The van der Waals surface area contributed by atoms with Crippen LogP contribution in [0.1, 0.15) is 24.1 Å². The highest BCUT2D eigenvalue weighted by atomic mass is 19.1. The number of rotatable bonds is 4. The molecule has 2 saturated heterocycles. The molecule has 6 rings (SSSR count). The number of hydrogen-bond acceptors (Lipinski definition) is 5. The summed E-state index contributed by atoms with van der Waals surface area (Å²) >= 11 is 0. The number of benzene rings is 1. The van der Waals surface area contributed by atoms with Gasteiger partial charge < -0.3 is 20.2 Å². The van der Waals surface area contributed by atoms with Crippen molar-refractivity contribution in [3.63, 3.8) is 0 Å². The van der Waals surface area contributed by atoms with E-state index in [1.165, 1.54) is 18.3 Å². The van der Waals surface area contributed by atoms with Gasteiger partial charge in [-0.25, -0.2) is 13.8 Å². The van der Waals surface area contributed by atoms with E-state index in [9.17, 15) is 8.78 Å². The average molecular weight is 397 g/mol. The molecule has 2 aliphatic heterocycles. The third-order valence-corrected chi connectivity index (χ3v) is 6.14. The van der Waals surface area contributed by atoms with Crippen LogP contribution in [0.2, 0.25) is 0 Å². The third kappa shape index (κ3) is 2.59. The molecule has 4 heterocycles. The van der Waals surface area contributed by atoms with Crippen LogP contribution in [0.3, 0.4) is 0 Å². The number of nitrogen functional groups attached to an aromatic ring is 1. The Bertz CT molecular complexity index is 1160. The molecule has 3 fully saturated rings. The second kappa shape index (κ2) is 6.08. The van der Waals surface area contributed by atoms with Gasteiger partial charge in [-0.3, -0.25) is 4.99 Å². The lowest BCUT2D eigenvalue weighted by Crippen LogP contribution is -2.55. The summed E-state index contributed by atoms with van der Waals surface area (Å²) in [5.74, 6) is -1.05. The standard InChI is InChI=1S/C21H21F2N5O/c1-25-6-13-3-12(4-15(22)18(13)24)14-5-16(23)19-27-17(8-28(19)7-14)21-9-20(10-21,26-2)11-29-21/h3-8,26H,9-11,24H2,1-2H3. The number of hydrogen-bond donors (Lipinski definition) is 2. The zero-order valence-electron chi connectivity index (χ0n) is 16.2. The minimum Gasteiger partial charge on any atom is -0.396 e. The number of anilines is 1. The minimum atomic E-state index is -0.569. The van der Waals surface area contributed by atoms with Crippen molar-refractivity contribution >= 4 is 17.5 Å². The number of aliphatic imine (C=N–C) groups is 1. The Morgan fingerprint density at radius 2 is 1.97 bits per heavy atom.